The van der Waals surface area contributed by atoms with E-state index in [2.05, 4.69) is 197 Å². The van der Waals surface area contributed by atoms with Crippen LogP contribution in [0.1, 0.15) is 0 Å². The number of nitrogens with zero attached hydrogens (tertiary/aromatic N) is 4. The number of rotatable bonds is 6. The van der Waals surface area contributed by atoms with Crippen molar-refractivity contribution in [2.24, 2.45) is 0 Å². The summed E-state index contributed by atoms with van der Waals surface area (Å²) in [6.07, 6.45) is 0. The van der Waals surface area contributed by atoms with E-state index in [0.29, 0.717) is 5.82 Å². The van der Waals surface area contributed by atoms with E-state index >= 15 is 0 Å². The van der Waals surface area contributed by atoms with Crippen LogP contribution in [0.15, 0.2) is 206 Å². The minimum absolute atomic E-state index is 0.684. The smallest absolute Gasteiger partial charge is 0.160 e. The molecule has 0 aliphatic heterocycles. The molecule has 11 aromatic rings. The second kappa shape index (κ2) is 13.1. The van der Waals surface area contributed by atoms with Gasteiger partial charge in [0.2, 0.25) is 0 Å². The molecule has 0 radical (unpaired) electrons. The maximum Gasteiger partial charge on any atom is 0.160 e. The van der Waals surface area contributed by atoms with Gasteiger partial charge in [0.15, 0.2) is 5.82 Å². The molecule has 0 bridgehead atoms. The molecule has 0 atom stereocenters. The SMILES string of the molecule is c1ccc(-c2cccc(-c3cc(-c4cc(-n5c6ccccc6c6ccccc65)cc(-n5c6ccccc6c6ccccc65)c4)nc(-c4ccccc4)n3)c2)cc1. The van der Waals surface area contributed by atoms with Crippen molar-refractivity contribution in [1.29, 1.82) is 0 Å². The van der Waals surface area contributed by atoms with E-state index in [4.69, 9.17) is 9.97 Å². The average molecular weight is 715 g/mol. The molecule has 4 nitrogen and oxygen atoms in total. The molecule has 0 fully saturated rings. The van der Waals surface area contributed by atoms with Crippen LogP contribution in [0.5, 0.6) is 0 Å². The van der Waals surface area contributed by atoms with Gasteiger partial charge in [0.05, 0.1) is 33.5 Å². The molecular weight excluding hydrogens is 681 g/mol. The lowest BCUT2D eigenvalue weighted by Gasteiger charge is -2.16. The van der Waals surface area contributed by atoms with Gasteiger partial charge in [-0.25, -0.2) is 9.97 Å². The van der Waals surface area contributed by atoms with Crippen molar-refractivity contribution < 1.29 is 0 Å². The van der Waals surface area contributed by atoms with Gasteiger partial charge in [-0.05, 0) is 65.7 Å². The van der Waals surface area contributed by atoms with Crippen LogP contribution in [0.2, 0.25) is 0 Å². The molecule has 56 heavy (non-hydrogen) atoms. The molecule has 0 aliphatic carbocycles. The highest BCUT2D eigenvalue weighted by atomic mass is 15.0. The first-order valence-corrected chi connectivity index (χ1v) is 19.0. The van der Waals surface area contributed by atoms with Gasteiger partial charge in [-0.1, -0.05) is 152 Å². The van der Waals surface area contributed by atoms with Gasteiger partial charge >= 0.3 is 0 Å². The molecule has 4 heteroatoms. The minimum atomic E-state index is 0.684. The molecule has 0 amide bonds. The normalized spacial score (nSPS) is 11.6. The summed E-state index contributed by atoms with van der Waals surface area (Å²) in [5, 5.41) is 4.89. The number of hydrogen-bond donors (Lipinski definition) is 0. The number of hydrogen-bond acceptors (Lipinski definition) is 2. The fourth-order valence-corrected chi connectivity index (χ4v) is 8.35. The van der Waals surface area contributed by atoms with Crippen LogP contribution in [-0.4, -0.2) is 19.1 Å². The topological polar surface area (TPSA) is 35.6 Å². The Hall–Kier alpha value is -7.56. The first-order valence-electron chi connectivity index (χ1n) is 19.0. The third-order valence-electron chi connectivity index (χ3n) is 10.9. The highest BCUT2D eigenvalue weighted by Gasteiger charge is 2.19. The van der Waals surface area contributed by atoms with Gasteiger partial charge in [-0.2, -0.15) is 0 Å². The molecule has 0 spiro atoms. The molecule has 0 N–H and O–H groups in total. The number of fused-ring (bicyclic) bond motifs is 6. The van der Waals surface area contributed by atoms with E-state index in [0.717, 1.165) is 67.1 Å². The van der Waals surface area contributed by atoms with Crippen LogP contribution in [0.4, 0.5) is 0 Å². The van der Waals surface area contributed by atoms with Crippen molar-refractivity contribution in [3.8, 4) is 56.4 Å². The minimum Gasteiger partial charge on any atom is -0.309 e. The molecule has 8 aromatic carbocycles. The van der Waals surface area contributed by atoms with E-state index in [1.165, 1.54) is 27.1 Å². The Labute approximate surface area is 324 Å². The van der Waals surface area contributed by atoms with Crippen molar-refractivity contribution in [1.82, 2.24) is 19.1 Å². The largest absolute Gasteiger partial charge is 0.309 e. The van der Waals surface area contributed by atoms with Crippen LogP contribution in [0.3, 0.4) is 0 Å². The van der Waals surface area contributed by atoms with Crippen molar-refractivity contribution in [3.63, 3.8) is 0 Å². The Bertz CT molecular complexity index is 3010. The third kappa shape index (κ3) is 5.31. The summed E-state index contributed by atoms with van der Waals surface area (Å²) in [6, 6.07) is 73.3. The Morgan fingerprint density at radius 3 is 1.16 bits per heavy atom. The zero-order valence-corrected chi connectivity index (χ0v) is 30.4. The maximum absolute atomic E-state index is 5.34. The molecule has 3 heterocycles. The number of benzene rings is 8. The molecule has 3 aromatic heterocycles. The van der Waals surface area contributed by atoms with Crippen LogP contribution in [0, 0.1) is 0 Å². The highest BCUT2D eigenvalue weighted by molar-refractivity contribution is 6.10. The van der Waals surface area contributed by atoms with Crippen molar-refractivity contribution >= 4 is 43.6 Å². The van der Waals surface area contributed by atoms with Gasteiger partial charge in [0.1, 0.15) is 0 Å². The summed E-state index contributed by atoms with van der Waals surface area (Å²) in [5.41, 5.74) is 13.8. The Kier molecular flexibility index (Phi) is 7.46. The summed E-state index contributed by atoms with van der Waals surface area (Å²) in [5.74, 6) is 0.684. The Morgan fingerprint density at radius 2 is 0.661 bits per heavy atom. The van der Waals surface area contributed by atoms with E-state index in [1.54, 1.807) is 0 Å². The lowest BCUT2D eigenvalue weighted by molar-refractivity contribution is 1.13. The summed E-state index contributed by atoms with van der Waals surface area (Å²) in [7, 11) is 0. The average Bonchev–Trinajstić information content (AvgIpc) is 3.80. The molecule has 262 valence electrons. The van der Waals surface area contributed by atoms with E-state index < -0.39 is 0 Å². The molecule has 0 saturated heterocycles. The number of aromatic nitrogens is 4. The summed E-state index contributed by atoms with van der Waals surface area (Å²) in [4.78, 5) is 10.6. The Balaban J connectivity index is 1.21. The molecule has 0 saturated carbocycles. The summed E-state index contributed by atoms with van der Waals surface area (Å²) >= 11 is 0. The predicted molar refractivity (Wildman–Crippen MR) is 232 cm³/mol. The second-order valence-electron chi connectivity index (χ2n) is 14.3. The Morgan fingerprint density at radius 1 is 0.268 bits per heavy atom. The highest BCUT2D eigenvalue weighted by Crippen LogP contribution is 2.38. The van der Waals surface area contributed by atoms with Crippen LogP contribution in [-0.2, 0) is 0 Å². The zero-order chi connectivity index (χ0) is 37.0. The van der Waals surface area contributed by atoms with E-state index in [-0.39, 0.29) is 0 Å². The van der Waals surface area contributed by atoms with Crippen molar-refractivity contribution in [2.45, 2.75) is 0 Å². The fraction of sp³-hybridized carbons (Fsp3) is 0. The fourth-order valence-electron chi connectivity index (χ4n) is 8.35. The number of para-hydroxylation sites is 4. The first kappa shape index (κ1) is 31.9. The van der Waals surface area contributed by atoms with E-state index in [9.17, 15) is 0 Å². The lowest BCUT2D eigenvalue weighted by Crippen LogP contribution is -2.01. The summed E-state index contributed by atoms with van der Waals surface area (Å²) < 4.78 is 4.80. The monoisotopic (exact) mass is 714 g/mol. The molecule has 11 rings (SSSR count). The van der Waals surface area contributed by atoms with Crippen LogP contribution in [0.25, 0.3) is 100 Å². The molecule has 0 aliphatic rings. The lowest BCUT2D eigenvalue weighted by atomic mass is 10.0. The summed E-state index contributed by atoms with van der Waals surface area (Å²) in [6.45, 7) is 0. The molecule has 0 unspecified atom stereocenters. The maximum atomic E-state index is 5.34. The van der Waals surface area contributed by atoms with E-state index in [1.807, 2.05) is 18.2 Å². The van der Waals surface area contributed by atoms with Crippen molar-refractivity contribution in [3.05, 3.63) is 206 Å². The van der Waals surface area contributed by atoms with Crippen molar-refractivity contribution in [2.75, 3.05) is 0 Å². The van der Waals surface area contributed by atoms with Gasteiger partial charge in [-0.15, -0.1) is 0 Å². The van der Waals surface area contributed by atoms with Crippen LogP contribution >= 0.6 is 0 Å². The standard InChI is InChI=1S/C52H34N4/c1-3-16-35(17-4-1)37-20-15-21-38(30-37)46-34-47(54-52(53-46)36-18-5-2-6-19-36)39-31-40(55-48-26-11-7-22-42(48)43-23-8-12-27-49(43)55)33-41(32-39)56-50-28-13-9-24-44(50)45-25-10-14-29-51(45)56/h1-34H. The van der Waals surface area contributed by atoms with Gasteiger partial charge in [0, 0.05) is 49.6 Å². The zero-order valence-electron chi connectivity index (χ0n) is 30.4. The third-order valence-corrected chi connectivity index (χ3v) is 10.9. The molecular formula is C52H34N4. The quantitative estimate of drug-likeness (QED) is 0.172. The first-order chi connectivity index (χ1) is 27.8. The van der Waals surface area contributed by atoms with Crippen LogP contribution < -0.4 is 0 Å². The second-order valence-corrected chi connectivity index (χ2v) is 14.3. The van der Waals surface area contributed by atoms with Gasteiger partial charge < -0.3 is 9.13 Å². The van der Waals surface area contributed by atoms with Gasteiger partial charge in [-0.3, -0.25) is 0 Å². The van der Waals surface area contributed by atoms with Gasteiger partial charge in [0.25, 0.3) is 0 Å². The predicted octanol–water partition coefficient (Wildman–Crippen LogP) is 13.3.